The molecule has 0 aromatic carbocycles. The third-order valence-corrected chi connectivity index (χ3v) is 3.99. The Morgan fingerprint density at radius 1 is 1.47 bits per heavy atom. The monoisotopic (exact) mass is 238 g/mol. The zero-order valence-electron chi connectivity index (χ0n) is 8.57. The second kappa shape index (κ2) is 4.90. The number of hydrazine groups is 1. The summed E-state index contributed by atoms with van der Waals surface area (Å²) >= 11 is 3.49. The first-order chi connectivity index (χ1) is 7.29. The quantitative estimate of drug-likeness (QED) is 0.635. The number of hydrogen-bond acceptors (Lipinski definition) is 4. The van der Waals surface area contributed by atoms with Crippen LogP contribution in [0.4, 0.5) is 0 Å². The molecule has 80 valence electrons. The van der Waals surface area contributed by atoms with Crippen molar-refractivity contribution in [3.8, 4) is 0 Å². The average molecular weight is 238 g/mol. The zero-order valence-corrected chi connectivity index (χ0v) is 10.2. The molecule has 15 heavy (non-hydrogen) atoms. The molecule has 0 amide bonds. The van der Waals surface area contributed by atoms with Gasteiger partial charge in [-0.05, 0) is 52.7 Å². The van der Waals surface area contributed by atoms with E-state index in [4.69, 9.17) is 5.84 Å². The lowest BCUT2D eigenvalue weighted by Crippen LogP contribution is -2.29. The van der Waals surface area contributed by atoms with Crippen LogP contribution in [0.1, 0.15) is 22.0 Å². The third kappa shape index (κ3) is 2.66. The Morgan fingerprint density at radius 2 is 2.33 bits per heavy atom. The number of rotatable bonds is 4. The van der Waals surface area contributed by atoms with E-state index in [1.165, 1.54) is 16.0 Å². The molecule has 1 unspecified atom stereocenters. The number of aryl methyl sites for hydroxylation is 1. The summed E-state index contributed by atoms with van der Waals surface area (Å²) in [6.07, 6.45) is 0.955. The Bertz CT molecular complexity index is 406. The molecule has 2 rings (SSSR count). The van der Waals surface area contributed by atoms with Gasteiger partial charge in [0.15, 0.2) is 0 Å². The van der Waals surface area contributed by atoms with Crippen molar-refractivity contribution in [1.29, 1.82) is 0 Å². The summed E-state index contributed by atoms with van der Waals surface area (Å²) in [5.41, 5.74) is 5.50. The van der Waals surface area contributed by atoms with Gasteiger partial charge in [-0.1, -0.05) is 0 Å². The molecule has 3 N–H and O–H groups in total. The number of thiophene rings is 2. The molecule has 0 saturated heterocycles. The van der Waals surface area contributed by atoms with Crippen LogP contribution in [-0.2, 0) is 6.42 Å². The van der Waals surface area contributed by atoms with Gasteiger partial charge in [-0.25, -0.2) is 0 Å². The maximum Gasteiger partial charge on any atom is 0.0508 e. The summed E-state index contributed by atoms with van der Waals surface area (Å²) < 4.78 is 0. The number of nitrogens with two attached hydrogens (primary N) is 1. The Kier molecular flexibility index (Phi) is 3.53. The molecule has 0 aliphatic rings. The highest BCUT2D eigenvalue weighted by molar-refractivity contribution is 7.10. The molecule has 2 aromatic rings. The van der Waals surface area contributed by atoms with Gasteiger partial charge in [0.05, 0.1) is 6.04 Å². The highest BCUT2D eigenvalue weighted by atomic mass is 32.1. The number of nitrogens with one attached hydrogen (secondary N) is 1. The van der Waals surface area contributed by atoms with Crippen LogP contribution in [0, 0.1) is 6.92 Å². The molecule has 2 heterocycles. The highest BCUT2D eigenvalue weighted by Crippen LogP contribution is 2.23. The van der Waals surface area contributed by atoms with Crippen LogP contribution in [0.2, 0.25) is 0 Å². The van der Waals surface area contributed by atoms with Crippen LogP contribution in [0.3, 0.4) is 0 Å². The van der Waals surface area contributed by atoms with Crippen LogP contribution in [0.15, 0.2) is 28.3 Å². The molecule has 2 nitrogen and oxygen atoms in total. The van der Waals surface area contributed by atoms with E-state index in [1.54, 1.807) is 22.7 Å². The minimum Gasteiger partial charge on any atom is -0.271 e. The van der Waals surface area contributed by atoms with Gasteiger partial charge in [0, 0.05) is 4.88 Å². The summed E-state index contributed by atoms with van der Waals surface area (Å²) in [7, 11) is 0. The molecule has 0 spiro atoms. The summed E-state index contributed by atoms with van der Waals surface area (Å²) in [5, 5.41) is 6.44. The highest BCUT2D eigenvalue weighted by Gasteiger charge is 2.11. The maximum absolute atomic E-state index is 5.59. The van der Waals surface area contributed by atoms with E-state index in [0.29, 0.717) is 0 Å². The Labute approximate surface area is 97.7 Å². The largest absolute Gasteiger partial charge is 0.271 e. The van der Waals surface area contributed by atoms with Crippen molar-refractivity contribution in [2.75, 3.05) is 0 Å². The number of hydrogen-bond donors (Lipinski definition) is 2. The SMILES string of the molecule is Cc1cc(C(Cc2ccsc2)NN)cs1. The molecule has 0 radical (unpaired) electrons. The van der Waals surface area contributed by atoms with Gasteiger partial charge >= 0.3 is 0 Å². The molecule has 0 aliphatic heterocycles. The first-order valence-electron chi connectivity index (χ1n) is 4.82. The van der Waals surface area contributed by atoms with Gasteiger partial charge in [0.2, 0.25) is 0 Å². The lowest BCUT2D eigenvalue weighted by Gasteiger charge is -2.13. The predicted molar refractivity (Wildman–Crippen MR) is 67.1 cm³/mol. The maximum atomic E-state index is 5.59. The van der Waals surface area contributed by atoms with Crippen LogP contribution < -0.4 is 11.3 Å². The van der Waals surface area contributed by atoms with Crippen LogP contribution >= 0.6 is 22.7 Å². The van der Waals surface area contributed by atoms with Gasteiger partial charge in [-0.2, -0.15) is 11.3 Å². The van der Waals surface area contributed by atoms with Crippen molar-refractivity contribution < 1.29 is 0 Å². The molecular formula is C11H14N2S2. The van der Waals surface area contributed by atoms with E-state index in [1.807, 2.05) is 0 Å². The van der Waals surface area contributed by atoms with E-state index in [9.17, 15) is 0 Å². The van der Waals surface area contributed by atoms with Crippen LogP contribution in [0.5, 0.6) is 0 Å². The standard InChI is InChI=1S/C11H14N2S2/c1-8-4-10(7-15-8)11(13-12)5-9-2-3-14-6-9/h2-4,6-7,11,13H,5,12H2,1H3. The summed E-state index contributed by atoms with van der Waals surface area (Å²) in [5.74, 6) is 5.59. The smallest absolute Gasteiger partial charge is 0.0508 e. The van der Waals surface area contributed by atoms with Gasteiger partial charge in [-0.15, -0.1) is 11.3 Å². The molecule has 2 aromatic heterocycles. The first kappa shape index (κ1) is 10.8. The Morgan fingerprint density at radius 3 is 2.87 bits per heavy atom. The normalized spacial score (nSPS) is 12.9. The van der Waals surface area contributed by atoms with E-state index in [0.717, 1.165) is 6.42 Å². The summed E-state index contributed by atoms with van der Waals surface area (Å²) in [6, 6.07) is 4.57. The van der Waals surface area contributed by atoms with Crippen molar-refractivity contribution in [3.63, 3.8) is 0 Å². The first-order valence-corrected chi connectivity index (χ1v) is 6.64. The second-order valence-corrected chi connectivity index (χ2v) is 5.44. The molecule has 0 fully saturated rings. The molecular weight excluding hydrogens is 224 g/mol. The second-order valence-electron chi connectivity index (χ2n) is 3.55. The summed E-state index contributed by atoms with van der Waals surface area (Å²) in [4.78, 5) is 1.33. The van der Waals surface area contributed by atoms with E-state index >= 15 is 0 Å². The van der Waals surface area contributed by atoms with Crippen LogP contribution in [-0.4, -0.2) is 0 Å². The van der Waals surface area contributed by atoms with Gasteiger partial charge in [-0.3, -0.25) is 11.3 Å². The molecule has 0 bridgehead atoms. The molecule has 4 heteroatoms. The summed E-state index contributed by atoms with van der Waals surface area (Å²) in [6.45, 7) is 2.12. The van der Waals surface area contributed by atoms with E-state index < -0.39 is 0 Å². The molecule has 0 aliphatic carbocycles. The lowest BCUT2D eigenvalue weighted by atomic mass is 10.0. The van der Waals surface area contributed by atoms with E-state index in [-0.39, 0.29) is 6.04 Å². The van der Waals surface area contributed by atoms with Crippen molar-refractivity contribution in [2.24, 2.45) is 5.84 Å². The fraction of sp³-hybridized carbons (Fsp3) is 0.273. The van der Waals surface area contributed by atoms with Gasteiger partial charge in [0.1, 0.15) is 0 Å². The zero-order chi connectivity index (χ0) is 10.7. The Hall–Kier alpha value is -0.680. The van der Waals surface area contributed by atoms with Crippen molar-refractivity contribution in [3.05, 3.63) is 44.3 Å². The third-order valence-electron chi connectivity index (χ3n) is 2.37. The predicted octanol–water partition coefficient (Wildman–Crippen LogP) is 2.87. The van der Waals surface area contributed by atoms with Gasteiger partial charge in [0.25, 0.3) is 0 Å². The lowest BCUT2D eigenvalue weighted by molar-refractivity contribution is 0.554. The minimum absolute atomic E-state index is 0.226. The topological polar surface area (TPSA) is 38.0 Å². The van der Waals surface area contributed by atoms with Crippen molar-refractivity contribution in [2.45, 2.75) is 19.4 Å². The average Bonchev–Trinajstić information content (AvgIpc) is 2.85. The van der Waals surface area contributed by atoms with Gasteiger partial charge < -0.3 is 0 Å². The fourth-order valence-electron chi connectivity index (χ4n) is 1.56. The van der Waals surface area contributed by atoms with E-state index in [2.05, 4.69) is 40.6 Å². The minimum atomic E-state index is 0.226. The molecule has 1 atom stereocenters. The fourth-order valence-corrected chi connectivity index (χ4v) is 3.00. The van der Waals surface area contributed by atoms with Crippen LogP contribution in [0.25, 0.3) is 0 Å². The van der Waals surface area contributed by atoms with Crippen molar-refractivity contribution in [1.82, 2.24) is 5.43 Å². The Balaban J connectivity index is 2.11. The molecule has 0 saturated carbocycles. The van der Waals surface area contributed by atoms with Crippen molar-refractivity contribution >= 4 is 22.7 Å².